The van der Waals surface area contributed by atoms with Gasteiger partial charge in [0.15, 0.2) is 0 Å². The van der Waals surface area contributed by atoms with E-state index in [4.69, 9.17) is 16.3 Å². The third kappa shape index (κ3) is 3.23. The average Bonchev–Trinajstić information content (AvgIpc) is 3.10. The number of esters is 1. The van der Waals surface area contributed by atoms with Gasteiger partial charge in [-0.3, -0.25) is 0 Å². The average molecular weight is 365 g/mol. The molecule has 24 heavy (non-hydrogen) atoms. The Morgan fingerprint density at radius 3 is 2.71 bits per heavy atom. The van der Waals surface area contributed by atoms with Crippen molar-refractivity contribution < 1.29 is 14.6 Å². The van der Waals surface area contributed by atoms with Gasteiger partial charge in [0.1, 0.15) is 6.10 Å². The third-order valence-corrected chi connectivity index (χ3v) is 6.30. The summed E-state index contributed by atoms with van der Waals surface area (Å²) in [5.41, 5.74) is -0.0491. The Hall–Kier alpha value is -1.36. The molecule has 1 saturated carbocycles. The molecule has 0 aliphatic heterocycles. The maximum absolute atomic E-state index is 12.5. The lowest BCUT2D eigenvalue weighted by atomic mass is 9.67. The highest BCUT2D eigenvalue weighted by Gasteiger charge is 2.48. The van der Waals surface area contributed by atoms with Crippen LogP contribution in [0.3, 0.4) is 0 Å². The monoisotopic (exact) mass is 364 g/mol. The summed E-state index contributed by atoms with van der Waals surface area (Å²) >= 11 is 7.49. The Bertz CT molecular complexity index is 683. The molecule has 1 aromatic heterocycles. The minimum atomic E-state index is -0.519. The molecule has 0 unspecified atom stereocenters. The molecule has 1 heterocycles. The lowest BCUT2D eigenvalue weighted by Crippen LogP contribution is -2.51. The lowest BCUT2D eigenvalue weighted by molar-refractivity contribution is -0.0476. The van der Waals surface area contributed by atoms with Gasteiger partial charge in [-0.1, -0.05) is 30.5 Å². The van der Waals surface area contributed by atoms with Gasteiger partial charge in [0.05, 0.1) is 17.1 Å². The molecule has 3 rings (SSSR count). The fraction of sp³-hybridized carbons (Fsp3) is 0.421. The molecule has 0 saturated heterocycles. The standard InChI is InChI=1S/C19H21ClO3S/c1-13(23-18(22)14-7-9-15(20)10-8-14)19(17-6-4-12-24-17)11-3-2-5-16(19)21/h4,6-10,12-13,16,21H,2-3,5,11H2,1H3/t13-,16-,19+/m0/s1. The van der Waals surface area contributed by atoms with Crippen molar-refractivity contribution in [2.75, 3.05) is 0 Å². The number of carbonyl (C=O) groups is 1. The highest BCUT2D eigenvalue weighted by atomic mass is 35.5. The molecule has 5 heteroatoms. The molecule has 1 aliphatic rings. The fourth-order valence-electron chi connectivity index (χ4n) is 3.60. The van der Waals surface area contributed by atoms with Crippen LogP contribution in [-0.2, 0) is 10.2 Å². The van der Waals surface area contributed by atoms with Gasteiger partial charge >= 0.3 is 5.97 Å². The van der Waals surface area contributed by atoms with Crippen molar-refractivity contribution >= 4 is 28.9 Å². The van der Waals surface area contributed by atoms with Gasteiger partial charge in [-0.25, -0.2) is 4.79 Å². The second kappa shape index (κ2) is 7.26. The van der Waals surface area contributed by atoms with Crippen molar-refractivity contribution in [3.8, 4) is 0 Å². The molecule has 0 radical (unpaired) electrons. The minimum Gasteiger partial charge on any atom is -0.458 e. The predicted molar refractivity (Wildman–Crippen MR) is 96.8 cm³/mol. The van der Waals surface area contributed by atoms with E-state index < -0.39 is 17.6 Å². The van der Waals surface area contributed by atoms with Crippen LogP contribution in [0.25, 0.3) is 0 Å². The number of hydrogen-bond acceptors (Lipinski definition) is 4. The van der Waals surface area contributed by atoms with E-state index in [9.17, 15) is 9.90 Å². The van der Waals surface area contributed by atoms with E-state index in [-0.39, 0.29) is 5.97 Å². The van der Waals surface area contributed by atoms with E-state index in [0.29, 0.717) is 10.6 Å². The van der Waals surface area contributed by atoms with Crippen LogP contribution in [0, 0.1) is 0 Å². The highest BCUT2D eigenvalue weighted by Crippen LogP contribution is 2.45. The van der Waals surface area contributed by atoms with E-state index in [1.807, 2.05) is 24.4 Å². The van der Waals surface area contributed by atoms with E-state index in [1.165, 1.54) is 0 Å². The van der Waals surface area contributed by atoms with E-state index >= 15 is 0 Å². The topological polar surface area (TPSA) is 46.5 Å². The zero-order chi connectivity index (χ0) is 17.2. The lowest BCUT2D eigenvalue weighted by Gasteiger charge is -2.44. The smallest absolute Gasteiger partial charge is 0.338 e. The van der Waals surface area contributed by atoms with Gasteiger partial charge in [-0.05, 0) is 55.5 Å². The maximum atomic E-state index is 12.5. The first kappa shape index (κ1) is 17.5. The number of halogens is 1. The first-order valence-corrected chi connectivity index (χ1v) is 9.48. The Kier molecular flexibility index (Phi) is 5.28. The molecule has 2 aromatic rings. The minimum absolute atomic E-state index is 0.382. The third-order valence-electron chi connectivity index (χ3n) is 4.98. The van der Waals surface area contributed by atoms with Crippen molar-refractivity contribution in [3.63, 3.8) is 0 Å². The molecule has 0 bridgehead atoms. The summed E-state index contributed by atoms with van der Waals surface area (Å²) in [6, 6.07) is 10.7. The van der Waals surface area contributed by atoms with Crippen LogP contribution >= 0.6 is 22.9 Å². The molecule has 3 atom stereocenters. The Morgan fingerprint density at radius 1 is 1.33 bits per heavy atom. The van der Waals surface area contributed by atoms with Crippen molar-refractivity contribution in [1.29, 1.82) is 0 Å². The Morgan fingerprint density at radius 2 is 2.08 bits per heavy atom. The predicted octanol–water partition coefficient (Wildman–Crippen LogP) is 4.82. The molecule has 128 valence electrons. The van der Waals surface area contributed by atoms with Crippen LogP contribution in [0.2, 0.25) is 5.02 Å². The molecular weight excluding hydrogens is 344 g/mol. The molecule has 0 amide bonds. The largest absolute Gasteiger partial charge is 0.458 e. The fourth-order valence-corrected chi connectivity index (χ4v) is 4.81. The number of rotatable bonds is 4. The summed E-state index contributed by atoms with van der Waals surface area (Å²) in [5.74, 6) is -0.382. The Balaban J connectivity index is 1.85. The zero-order valence-electron chi connectivity index (χ0n) is 13.6. The van der Waals surface area contributed by atoms with Crippen LogP contribution < -0.4 is 0 Å². The van der Waals surface area contributed by atoms with Gasteiger partial charge in [-0.15, -0.1) is 11.3 Å². The van der Waals surface area contributed by atoms with E-state index in [0.717, 1.165) is 30.6 Å². The second-order valence-electron chi connectivity index (χ2n) is 6.33. The van der Waals surface area contributed by atoms with Crippen LogP contribution in [0.4, 0.5) is 0 Å². The first-order valence-electron chi connectivity index (χ1n) is 8.22. The number of carbonyl (C=O) groups excluding carboxylic acids is 1. The maximum Gasteiger partial charge on any atom is 0.338 e. The van der Waals surface area contributed by atoms with E-state index in [1.54, 1.807) is 35.6 Å². The molecule has 1 N–H and O–H groups in total. The number of aliphatic hydroxyl groups is 1. The van der Waals surface area contributed by atoms with Gasteiger partial charge in [0.25, 0.3) is 0 Å². The van der Waals surface area contributed by atoms with Crippen LogP contribution in [0.1, 0.15) is 47.8 Å². The summed E-state index contributed by atoms with van der Waals surface area (Å²) in [6.07, 6.45) is 2.68. The normalized spacial score (nSPS) is 25.2. The molecule has 1 aliphatic carbocycles. The van der Waals surface area contributed by atoms with Gasteiger partial charge in [0.2, 0.25) is 0 Å². The summed E-state index contributed by atoms with van der Waals surface area (Å²) in [5, 5.41) is 13.4. The van der Waals surface area contributed by atoms with Crippen molar-refractivity contribution in [2.24, 2.45) is 0 Å². The molecule has 1 aromatic carbocycles. The Labute approximate surface area is 151 Å². The zero-order valence-corrected chi connectivity index (χ0v) is 15.1. The quantitative estimate of drug-likeness (QED) is 0.791. The number of ether oxygens (including phenoxy) is 1. The highest BCUT2D eigenvalue weighted by molar-refractivity contribution is 7.10. The number of aliphatic hydroxyl groups excluding tert-OH is 1. The molecule has 0 spiro atoms. The number of benzene rings is 1. The summed E-state index contributed by atoms with van der Waals surface area (Å²) < 4.78 is 5.78. The molecule has 1 fully saturated rings. The van der Waals surface area contributed by atoms with Crippen molar-refractivity contribution in [3.05, 3.63) is 57.2 Å². The summed E-state index contributed by atoms with van der Waals surface area (Å²) in [6.45, 7) is 1.89. The summed E-state index contributed by atoms with van der Waals surface area (Å²) in [4.78, 5) is 13.6. The van der Waals surface area contributed by atoms with Crippen LogP contribution in [0.5, 0.6) is 0 Å². The molecular formula is C19H21ClO3S. The number of thiophene rings is 1. The van der Waals surface area contributed by atoms with E-state index in [2.05, 4.69) is 0 Å². The molecule has 3 nitrogen and oxygen atoms in total. The van der Waals surface area contributed by atoms with Crippen LogP contribution in [-0.4, -0.2) is 23.3 Å². The number of hydrogen-bond donors (Lipinski definition) is 1. The van der Waals surface area contributed by atoms with Gasteiger partial charge < -0.3 is 9.84 Å². The second-order valence-corrected chi connectivity index (χ2v) is 7.72. The van der Waals surface area contributed by atoms with Gasteiger partial charge in [0, 0.05) is 9.90 Å². The van der Waals surface area contributed by atoms with Crippen molar-refractivity contribution in [2.45, 2.75) is 50.2 Å². The van der Waals surface area contributed by atoms with Crippen molar-refractivity contribution in [1.82, 2.24) is 0 Å². The first-order chi connectivity index (χ1) is 11.5. The summed E-state index contributed by atoms with van der Waals surface area (Å²) in [7, 11) is 0. The van der Waals surface area contributed by atoms with Crippen LogP contribution in [0.15, 0.2) is 41.8 Å². The SMILES string of the molecule is C[C@H](OC(=O)c1ccc(Cl)cc1)[C@]1(c2cccs2)CCCC[C@@H]1O. The van der Waals surface area contributed by atoms with Gasteiger partial charge in [-0.2, -0.15) is 0 Å².